The number of aryl methyl sites for hydroxylation is 1. The normalized spacial score (nSPS) is 17.7. The first kappa shape index (κ1) is 27.6. The summed E-state index contributed by atoms with van der Waals surface area (Å²) >= 11 is 0. The van der Waals surface area contributed by atoms with Crippen molar-refractivity contribution >= 4 is 11.5 Å². The number of benzene rings is 2. The molecule has 40 heavy (non-hydrogen) atoms. The van der Waals surface area contributed by atoms with Crippen molar-refractivity contribution < 1.29 is 37.0 Å². The Morgan fingerprint density at radius 1 is 0.975 bits per heavy atom. The van der Waals surface area contributed by atoms with Crippen LogP contribution in [0.4, 0.5) is 24.7 Å². The number of imidazole rings is 1. The monoisotopic (exact) mass is 562 g/mol. The van der Waals surface area contributed by atoms with Gasteiger partial charge < -0.3 is 34.0 Å². The van der Waals surface area contributed by atoms with Crippen molar-refractivity contribution in [2.45, 2.75) is 44.9 Å². The number of fused-ring (bicyclic) bond motifs is 1. The maximum atomic E-state index is 12.3. The molecule has 1 saturated heterocycles. The molecule has 0 aliphatic carbocycles. The van der Waals surface area contributed by atoms with Crippen molar-refractivity contribution in [3.63, 3.8) is 0 Å². The minimum atomic E-state index is -4.70. The predicted molar refractivity (Wildman–Crippen MR) is 138 cm³/mol. The third kappa shape index (κ3) is 7.34. The van der Waals surface area contributed by atoms with E-state index in [0.717, 1.165) is 37.2 Å². The predicted octanol–water partition coefficient (Wildman–Crippen LogP) is 5.35. The molecule has 3 heterocycles. The van der Waals surface area contributed by atoms with Crippen LogP contribution in [0.15, 0.2) is 54.7 Å². The van der Waals surface area contributed by atoms with Crippen LogP contribution in [-0.2, 0) is 17.9 Å². The van der Waals surface area contributed by atoms with Crippen LogP contribution in [0, 0.1) is 16.0 Å². The van der Waals surface area contributed by atoms with Crippen molar-refractivity contribution in [2.24, 2.45) is 5.92 Å². The average molecular weight is 563 g/mol. The van der Waals surface area contributed by atoms with E-state index in [0.29, 0.717) is 44.5 Å². The van der Waals surface area contributed by atoms with Gasteiger partial charge in [0.05, 0.1) is 6.61 Å². The summed E-state index contributed by atoms with van der Waals surface area (Å²) in [5, 5.41) is 10.9. The number of piperidine rings is 1. The molecule has 214 valence electrons. The Labute approximate surface area is 228 Å². The fraction of sp³-hybridized carbons (Fsp3) is 0.444. The molecule has 3 aromatic rings. The zero-order valence-electron chi connectivity index (χ0n) is 21.6. The van der Waals surface area contributed by atoms with Gasteiger partial charge in [0.1, 0.15) is 30.4 Å². The number of halogens is 3. The van der Waals surface area contributed by atoms with Gasteiger partial charge in [0.2, 0.25) is 0 Å². The Bertz CT molecular complexity index is 1270. The van der Waals surface area contributed by atoms with Gasteiger partial charge in [0.15, 0.2) is 0 Å². The third-order valence-corrected chi connectivity index (χ3v) is 6.91. The summed E-state index contributed by atoms with van der Waals surface area (Å²) in [7, 11) is 0. The molecule has 10 nitrogen and oxygen atoms in total. The Hall–Kier alpha value is -4.00. The molecule has 1 aromatic heterocycles. The van der Waals surface area contributed by atoms with Gasteiger partial charge in [-0.15, -0.1) is 13.2 Å². The van der Waals surface area contributed by atoms with Gasteiger partial charge in [-0.1, -0.05) is 12.1 Å². The zero-order valence-corrected chi connectivity index (χ0v) is 21.6. The largest absolute Gasteiger partial charge is 0.573 e. The van der Waals surface area contributed by atoms with Gasteiger partial charge in [-0.05, 0) is 65.6 Å². The minimum Gasteiger partial charge on any atom is -0.490 e. The third-order valence-electron chi connectivity index (χ3n) is 6.91. The highest BCUT2D eigenvalue weighted by Gasteiger charge is 2.31. The van der Waals surface area contributed by atoms with Gasteiger partial charge in [-0.2, -0.15) is 0 Å². The Morgan fingerprint density at radius 2 is 1.68 bits per heavy atom. The quantitative estimate of drug-likeness (QED) is 0.241. The van der Waals surface area contributed by atoms with Crippen LogP contribution in [0.2, 0.25) is 0 Å². The molecule has 0 bridgehead atoms. The number of hydrogen-bond donors (Lipinski definition) is 0. The molecule has 5 rings (SSSR count). The molecular weight excluding hydrogens is 533 g/mol. The standard InChI is InChI=1S/C27H29F3N4O6/c28-27(29,30)40-23-5-1-19(2-6-23)16-37-17-20-9-12-32(13-10-20)21-3-7-22(8-4-21)38-18-24-11-14-33-15-25(34(35)36)31-26(33)39-24/h1-8,15,20,24H,9-14,16-18H2/t24-/m1/s1. The van der Waals surface area contributed by atoms with Crippen molar-refractivity contribution in [2.75, 3.05) is 31.2 Å². The second-order valence-corrected chi connectivity index (χ2v) is 9.80. The molecule has 2 aliphatic heterocycles. The van der Waals surface area contributed by atoms with Crippen LogP contribution in [0.3, 0.4) is 0 Å². The van der Waals surface area contributed by atoms with E-state index in [1.54, 1.807) is 16.7 Å². The fourth-order valence-corrected chi connectivity index (χ4v) is 4.77. The lowest BCUT2D eigenvalue weighted by molar-refractivity contribution is -0.389. The molecule has 1 fully saturated rings. The molecule has 13 heteroatoms. The van der Waals surface area contributed by atoms with Crippen LogP contribution in [0.1, 0.15) is 24.8 Å². The van der Waals surface area contributed by atoms with Crippen LogP contribution in [-0.4, -0.2) is 53.2 Å². The maximum absolute atomic E-state index is 12.3. The SMILES string of the molecule is O=[N+]([O-])c1cn2c(n1)O[C@@H](COc1ccc(N3CCC(COCc4ccc(OC(F)(F)F)cc4)CC3)cc1)CC2. The molecule has 0 amide bonds. The molecule has 2 aliphatic rings. The summed E-state index contributed by atoms with van der Waals surface area (Å²) in [5.41, 5.74) is 1.90. The summed E-state index contributed by atoms with van der Waals surface area (Å²) in [6.45, 7) is 3.62. The summed E-state index contributed by atoms with van der Waals surface area (Å²) in [6.07, 6.45) is -0.939. The van der Waals surface area contributed by atoms with Gasteiger partial charge >= 0.3 is 18.2 Å². The summed E-state index contributed by atoms with van der Waals surface area (Å²) in [5.74, 6) is 0.661. The second kappa shape index (κ2) is 12.0. The maximum Gasteiger partial charge on any atom is 0.573 e. The molecule has 0 radical (unpaired) electrons. The first-order valence-electron chi connectivity index (χ1n) is 13.0. The number of rotatable bonds is 10. The second-order valence-electron chi connectivity index (χ2n) is 9.80. The van der Waals surface area contributed by atoms with Gasteiger partial charge in [-0.3, -0.25) is 4.57 Å². The highest BCUT2D eigenvalue weighted by Crippen LogP contribution is 2.28. The van der Waals surface area contributed by atoms with Crippen LogP contribution in [0.5, 0.6) is 17.5 Å². The van der Waals surface area contributed by atoms with E-state index in [2.05, 4.69) is 14.6 Å². The number of aromatic nitrogens is 2. The number of nitrogens with zero attached hydrogens (tertiary/aromatic N) is 4. The molecule has 0 N–H and O–H groups in total. The van der Waals surface area contributed by atoms with E-state index in [9.17, 15) is 23.3 Å². The van der Waals surface area contributed by atoms with Crippen LogP contribution >= 0.6 is 0 Å². The van der Waals surface area contributed by atoms with Crippen molar-refractivity contribution in [3.05, 3.63) is 70.4 Å². The minimum absolute atomic E-state index is 0.226. The van der Waals surface area contributed by atoms with Gasteiger partial charge in [0.25, 0.3) is 0 Å². The lowest BCUT2D eigenvalue weighted by Gasteiger charge is -2.33. The smallest absolute Gasteiger partial charge is 0.490 e. The van der Waals surface area contributed by atoms with E-state index in [-0.39, 0.29) is 23.7 Å². The van der Waals surface area contributed by atoms with E-state index < -0.39 is 11.3 Å². The van der Waals surface area contributed by atoms with E-state index >= 15 is 0 Å². The highest BCUT2D eigenvalue weighted by atomic mass is 19.4. The molecule has 1 atom stereocenters. The first-order valence-corrected chi connectivity index (χ1v) is 13.0. The Kier molecular flexibility index (Phi) is 8.29. The number of anilines is 1. The highest BCUT2D eigenvalue weighted by molar-refractivity contribution is 5.49. The number of nitro groups is 1. The number of alkyl halides is 3. The molecule has 2 aromatic carbocycles. The lowest BCUT2D eigenvalue weighted by atomic mass is 9.97. The van der Waals surface area contributed by atoms with Crippen molar-refractivity contribution in [1.29, 1.82) is 0 Å². The molecule has 0 saturated carbocycles. The molecule has 0 spiro atoms. The van der Waals surface area contributed by atoms with E-state index in [1.165, 1.54) is 18.3 Å². The Balaban J connectivity index is 1.01. The van der Waals surface area contributed by atoms with Gasteiger partial charge in [0, 0.05) is 43.3 Å². The molecule has 0 unspecified atom stereocenters. The Morgan fingerprint density at radius 3 is 2.35 bits per heavy atom. The zero-order chi connectivity index (χ0) is 28.1. The number of hydrogen-bond acceptors (Lipinski definition) is 8. The van der Waals surface area contributed by atoms with E-state index in [1.807, 2.05) is 24.3 Å². The van der Waals surface area contributed by atoms with E-state index in [4.69, 9.17) is 14.2 Å². The summed E-state index contributed by atoms with van der Waals surface area (Å²) in [4.78, 5) is 16.6. The van der Waals surface area contributed by atoms with Crippen LogP contribution < -0.4 is 19.1 Å². The van der Waals surface area contributed by atoms with Gasteiger partial charge in [-0.25, -0.2) is 0 Å². The van der Waals surface area contributed by atoms with Crippen molar-refractivity contribution in [1.82, 2.24) is 9.55 Å². The van der Waals surface area contributed by atoms with Crippen LogP contribution in [0.25, 0.3) is 0 Å². The molecular formula is C27H29F3N4O6. The lowest BCUT2D eigenvalue weighted by Crippen LogP contribution is -2.35. The topological polar surface area (TPSA) is 101 Å². The first-order chi connectivity index (χ1) is 19.2. The number of ether oxygens (including phenoxy) is 4. The summed E-state index contributed by atoms with van der Waals surface area (Å²) in [6, 6.07) is 13.8. The van der Waals surface area contributed by atoms with Crippen molar-refractivity contribution in [3.8, 4) is 17.5 Å². The fourth-order valence-electron chi connectivity index (χ4n) is 4.77. The summed E-state index contributed by atoms with van der Waals surface area (Å²) < 4.78 is 59.8. The average Bonchev–Trinajstić information content (AvgIpc) is 3.37.